The van der Waals surface area contributed by atoms with Gasteiger partial charge in [-0.25, -0.2) is 9.97 Å². The zero-order chi connectivity index (χ0) is 18.6. The van der Waals surface area contributed by atoms with E-state index in [-0.39, 0.29) is 0 Å². The number of aromatic nitrogens is 4. The Morgan fingerprint density at radius 1 is 1.15 bits per heavy atom. The number of fused-ring (bicyclic) bond motifs is 1. The summed E-state index contributed by atoms with van der Waals surface area (Å²) in [6.07, 6.45) is 4.36. The lowest BCUT2D eigenvalue weighted by atomic mass is 10.1. The summed E-state index contributed by atoms with van der Waals surface area (Å²) in [6, 6.07) is 8.23. The molecule has 0 bridgehead atoms. The molecule has 1 aliphatic heterocycles. The van der Waals surface area contributed by atoms with Crippen LogP contribution in [0.3, 0.4) is 0 Å². The van der Waals surface area contributed by atoms with Gasteiger partial charge in [0, 0.05) is 32.3 Å². The van der Waals surface area contributed by atoms with E-state index in [0.29, 0.717) is 24.6 Å². The number of hydrogen-bond acceptors (Lipinski definition) is 6. The van der Waals surface area contributed by atoms with Gasteiger partial charge >= 0.3 is 0 Å². The second-order valence-electron chi connectivity index (χ2n) is 7.03. The van der Waals surface area contributed by atoms with Crippen LogP contribution in [0.4, 0.5) is 17.5 Å². The van der Waals surface area contributed by atoms with Gasteiger partial charge in [0.25, 0.3) is 0 Å². The van der Waals surface area contributed by atoms with Gasteiger partial charge in [-0.3, -0.25) is 0 Å². The lowest BCUT2D eigenvalue weighted by Gasteiger charge is -2.28. The molecule has 0 amide bonds. The molecule has 1 fully saturated rings. The number of hydrogen-bond donors (Lipinski definition) is 2. The molecule has 0 atom stereocenters. The number of imidazole rings is 1. The predicted molar refractivity (Wildman–Crippen MR) is 108 cm³/mol. The van der Waals surface area contributed by atoms with Gasteiger partial charge in [-0.05, 0) is 43.9 Å². The van der Waals surface area contributed by atoms with Gasteiger partial charge in [0.2, 0.25) is 5.95 Å². The van der Waals surface area contributed by atoms with Crippen molar-refractivity contribution in [2.24, 2.45) is 0 Å². The van der Waals surface area contributed by atoms with Crippen LogP contribution in [0.15, 0.2) is 24.3 Å². The smallest absolute Gasteiger partial charge is 0.207 e. The average molecular weight is 366 g/mol. The molecule has 4 rings (SSSR count). The third kappa shape index (κ3) is 4.03. The third-order valence-corrected chi connectivity index (χ3v) is 4.84. The minimum atomic E-state index is 0.601. The molecule has 3 aromatic rings. The van der Waals surface area contributed by atoms with E-state index < -0.39 is 0 Å². The van der Waals surface area contributed by atoms with Gasteiger partial charge in [-0.15, -0.1) is 0 Å². The zero-order valence-corrected chi connectivity index (χ0v) is 16.0. The Morgan fingerprint density at radius 2 is 2.00 bits per heavy atom. The molecule has 0 unspecified atom stereocenters. The molecule has 2 aromatic heterocycles. The molecule has 2 N–H and O–H groups in total. The summed E-state index contributed by atoms with van der Waals surface area (Å²) in [7, 11) is 1.70. The highest BCUT2D eigenvalue weighted by Crippen LogP contribution is 2.27. The van der Waals surface area contributed by atoms with Crippen molar-refractivity contribution in [2.75, 3.05) is 37.0 Å². The van der Waals surface area contributed by atoms with Crippen molar-refractivity contribution < 1.29 is 4.74 Å². The average Bonchev–Trinajstić information content (AvgIpc) is 3.08. The highest BCUT2D eigenvalue weighted by Gasteiger charge is 2.20. The van der Waals surface area contributed by atoms with Crippen LogP contribution in [-0.4, -0.2) is 46.7 Å². The number of aromatic amines is 1. The van der Waals surface area contributed by atoms with Crippen LogP contribution in [0.5, 0.6) is 0 Å². The summed E-state index contributed by atoms with van der Waals surface area (Å²) in [5.41, 5.74) is 3.80. The first-order valence-corrected chi connectivity index (χ1v) is 9.57. The number of rotatable bonds is 6. The second kappa shape index (κ2) is 7.92. The van der Waals surface area contributed by atoms with E-state index in [4.69, 9.17) is 9.72 Å². The van der Waals surface area contributed by atoms with Crippen LogP contribution in [0.25, 0.3) is 11.2 Å². The summed E-state index contributed by atoms with van der Waals surface area (Å²) in [6.45, 7) is 4.72. The van der Waals surface area contributed by atoms with Gasteiger partial charge in [0.15, 0.2) is 11.5 Å². The summed E-state index contributed by atoms with van der Waals surface area (Å²) >= 11 is 0. The Balaban J connectivity index is 1.70. The van der Waals surface area contributed by atoms with E-state index in [1.54, 1.807) is 7.11 Å². The molecular weight excluding hydrogens is 340 g/mol. The topological polar surface area (TPSA) is 79.0 Å². The van der Waals surface area contributed by atoms with Gasteiger partial charge < -0.3 is 19.9 Å². The quantitative estimate of drug-likeness (QED) is 0.694. The van der Waals surface area contributed by atoms with Gasteiger partial charge in [-0.1, -0.05) is 12.1 Å². The molecule has 0 saturated carbocycles. The minimum absolute atomic E-state index is 0.601. The number of benzene rings is 1. The van der Waals surface area contributed by atoms with Gasteiger partial charge in [0.1, 0.15) is 11.3 Å². The minimum Gasteiger partial charge on any atom is -0.384 e. The molecule has 1 aromatic carbocycles. The first-order valence-electron chi connectivity index (χ1n) is 9.57. The Kier molecular flexibility index (Phi) is 5.20. The lowest BCUT2D eigenvalue weighted by molar-refractivity contribution is 0.200. The van der Waals surface area contributed by atoms with Crippen molar-refractivity contribution in [2.45, 2.75) is 32.6 Å². The highest BCUT2D eigenvalue weighted by atomic mass is 16.5. The highest BCUT2D eigenvalue weighted by molar-refractivity contribution is 5.85. The van der Waals surface area contributed by atoms with E-state index in [0.717, 1.165) is 35.9 Å². The molecular formula is C20H26N6O. The normalized spacial score (nSPS) is 14.7. The number of nitrogens with zero attached hydrogens (tertiary/aromatic N) is 4. The van der Waals surface area contributed by atoms with Crippen LogP contribution >= 0.6 is 0 Å². The van der Waals surface area contributed by atoms with E-state index in [1.165, 1.54) is 24.8 Å². The largest absolute Gasteiger partial charge is 0.384 e. The van der Waals surface area contributed by atoms with Crippen molar-refractivity contribution in [1.82, 2.24) is 19.9 Å². The van der Waals surface area contributed by atoms with Crippen LogP contribution < -0.4 is 10.2 Å². The first-order chi connectivity index (χ1) is 13.2. The van der Waals surface area contributed by atoms with Crippen LogP contribution in [0, 0.1) is 6.92 Å². The number of nitrogens with one attached hydrogen (secondary N) is 2. The maximum Gasteiger partial charge on any atom is 0.207 e. The molecule has 7 heteroatoms. The molecule has 1 saturated heterocycles. The molecule has 1 aliphatic rings. The molecule has 27 heavy (non-hydrogen) atoms. The van der Waals surface area contributed by atoms with E-state index in [9.17, 15) is 0 Å². The Labute approximate surface area is 159 Å². The Hall–Kier alpha value is -2.67. The maximum atomic E-state index is 5.20. The molecule has 3 heterocycles. The Morgan fingerprint density at radius 3 is 2.78 bits per heavy atom. The summed E-state index contributed by atoms with van der Waals surface area (Å²) in [4.78, 5) is 19.9. The fourth-order valence-corrected chi connectivity index (χ4v) is 3.48. The Bertz CT molecular complexity index is 916. The van der Waals surface area contributed by atoms with Gasteiger partial charge in [-0.2, -0.15) is 4.98 Å². The third-order valence-electron chi connectivity index (χ3n) is 4.84. The summed E-state index contributed by atoms with van der Waals surface area (Å²) in [5, 5.41) is 3.35. The second-order valence-corrected chi connectivity index (χ2v) is 7.03. The molecule has 0 radical (unpaired) electrons. The number of piperidine rings is 1. The first kappa shape index (κ1) is 17.7. The number of anilines is 3. The standard InChI is InChI=1S/C20H26N6O/c1-14-7-6-8-15(13-14)21-20-24-17-18(25-20)22-16(9-12-27-2)23-19(17)26-10-4-3-5-11-26/h6-8,13H,3-5,9-12H2,1-2H3,(H2,21,22,23,24,25). The van der Waals surface area contributed by atoms with Crippen molar-refractivity contribution in [3.05, 3.63) is 35.7 Å². The van der Waals surface area contributed by atoms with E-state index in [2.05, 4.69) is 44.2 Å². The SMILES string of the molecule is COCCc1nc(N2CCCCC2)c2[nH]c(Nc3cccc(C)c3)nc2n1. The summed E-state index contributed by atoms with van der Waals surface area (Å²) in [5.74, 6) is 2.42. The number of ether oxygens (including phenoxy) is 1. The molecule has 0 aliphatic carbocycles. The maximum absolute atomic E-state index is 5.20. The summed E-state index contributed by atoms with van der Waals surface area (Å²) < 4.78 is 5.20. The number of methoxy groups -OCH3 is 1. The monoisotopic (exact) mass is 366 g/mol. The fraction of sp³-hybridized carbons (Fsp3) is 0.450. The van der Waals surface area contributed by atoms with Crippen LogP contribution in [0.1, 0.15) is 30.7 Å². The molecule has 142 valence electrons. The predicted octanol–water partition coefficient (Wildman–Crippen LogP) is 3.58. The molecule has 0 spiro atoms. The number of H-pyrrole nitrogens is 1. The van der Waals surface area contributed by atoms with Crippen molar-refractivity contribution in [3.63, 3.8) is 0 Å². The van der Waals surface area contributed by atoms with Gasteiger partial charge in [0.05, 0.1) is 6.61 Å². The van der Waals surface area contributed by atoms with Crippen molar-refractivity contribution in [3.8, 4) is 0 Å². The lowest BCUT2D eigenvalue weighted by Crippen LogP contribution is -2.30. The zero-order valence-electron chi connectivity index (χ0n) is 16.0. The molecule has 7 nitrogen and oxygen atoms in total. The van der Waals surface area contributed by atoms with E-state index in [1.807, 2.05) is 12.1 Å². The fourth-order valence-electron chi connectivity index (χ4n) is 3.48. The van der Waals surface area contributed by atoms with Crippen LogP contribution in [-0.2, 0) is 11.2 Å². The van der Waals surface area contributed by atoms with Crippen molar-refractivity contribution >= 4 is 28.6 Å². The van der Waals surface area contributed by atoms with E-state index >= 15 is 0 Å². The number of aryl methyl sites for hydroxylation is 1. The van der Waals surface area contributed by atoms with Crippen LogP contribution in [0.2, 0.25) is 0 Å². The van der Waals surface area contributed by atoms with Crippen molar-refractivity contribution in [1.29, 1.82) is 0 Å².